The summed E-state index contributed by atoms with van der Waals surface area (Å²) in [7, 11) is -3.87. The smallest absolute Gasteiger partial charge is 0.264 e. The Labute approximate surface area is 100 Å². The number of hydrogen-bond donors (Lipinski definition) is 2. The Balaban J connectivity index is 2.82. The number of amides is 1. The first-order valence-electron chi connectivity index (χ1n) is 4.78. The van der Waals surface area contributed by atoms with Gasteiger partial charge < -0.3 is 5.73 Å². The summed E-state index contributed by atoms with van der Waals surface area (Å²) in [6.45, 7) is 0. The van der Waals surface area contributed by atoms with E-state index in [-0.39, 0.29) is 11.3 Å². The maximum atomic E-state index is 11.7. The molecular formula is C11H12N2O3S. The van der Waals surface area contributed by atoms with Gasteiger partial charge in [-0.2, -0.15) is 0 Å². The number of hydrogen-bond acceptors (Lipinski definition) is 4. The van der Waals surface area contributed by atoms with Gasteiger partial charge in [-0.25, -0.2) is 13.1 Å². The number of terminal acetylenes is 1. The highest BCUT2D eigenvalue weighted by atomic mass is 32.2. The Kier molecular flexibility index (Phi) is 4.26. The van der Waals surface area contributed by atoms with Gasteiger partial charge >= 0.3 is 0 Å². The molecule has 6 heteroatoms. The summed E-state index contributed by atoms with van der Waals surface area (Å²) in [5.74, 6) is 1.38. The number of carbonyl (C=O) groups is 1. The molecule has 0 spiro atoms. The van der Waals surface area contributed by atoms with Gasteiger partial charge in [0.15, 0.2) is 0 Å². The van der Waals surface area contributed by atoms with Crippen molar-refractivity contribution in [3.8, 4) is 12.3 Å². The molecular weight excluding hydrogens is 240 g/mol. The SMILES string of the molecule is C#CC[C@H](N)C(=O)NS(=O)(=O)c1ccccc1. The van der Waals surface area contributed by atoms with Gasteiger partial charge in [0.05, 0.1) is 10.9 Å². The van der Waals surface area contributed by atoms with E-state index in [0.29, 0.717) is 0 Å². The second-order valence-electron chi connectivity index (χ2n) is 3.30. The summed E-state index contributed by atoms with van der Waals surface area (Å²) in [6.07, 6.45) is 4.96. The van der Waals surface area contributed by atoms with Crippen LogP contribution in [0.4, 0.5) is 0 Å². The molecule has 0 aliphatic carbocycles. The highest BCUT2D eigenvalue weighted by Crippen LogP contribution is 2.07. The summed E-state index contributed by atoms with van der Waals surface area (Å²) >= 11 is 0. The van der Waals surface area contributed by atoms with Crippen molar-refractivity contribution in [2.24, 2.45) is 5.73 Å². The topological polar surface area (TPSA) is 89.3 Å². The van der Waals surface area contributed by atoms with Crippen LogP contribution in [-0.2, 0) is 14.8 Å². The summed E-state index contributed by atoms with van der Waals surface area (Å²) in [6, 6.07) is 6.51. The summed E-state index contributed by atoms with van der Waals surface area (Å²) in [4.78, 5) is 11.4. The second-order valence-corrected chi connectivity index (χ2v) is 4.98. The molecule has 1 rings (SSSR count). The third-order valence-corrected chi connectivity index (χ3v) is 3.33. The fraction of sp³-hybridized carbons (Fsp3) is 0.182. The van der Waals surface area contributed by atoms with Crippen LogP contribution in [0, 0.1) is 12.3 Å². The molecule has 0 heterocycles. The van der Waals surface area contributed by atoms with E-state index in [2.05, 4.69) is 5.92 Å². The molecule has 0 radical (unpaired) electrons. The minimum atomic E-state index is -3.87. The average molecular weight is 252 g/mol. The molecule has 0 bridgehead atoms. The largest absolute Gasteiger partial charge is 0.319 e. The monoisotopic (exact) mass is 252 g/mol. The van der Waals surface area contributed by atoms with Crippen LogP contribution in [0.25, 0.3) is 0 Å². The van der Waals surface area contributed by atoms with E-state index in [0.717, 1.165) is 0 Å². The molecule has 1 amide bonds. The first-order valence-corrected chi connectivity index (χ1v) is 6.26. The average Bonchev–Trinajstić information content (AvgIpc) is 2.30. The van der Waals surface area contributed by atoms with Crippen LogP contribution >= 0.6 is 0 Å². The van der Waals surface area contributed by atoms with Crippen LogP contribution in [0.5, 0.6) is 0 Å². The molecule has 0 fully saturated rings. The van der Waals surface area contributed by atoms with Gasteiger partial charge in [0.1, 0.15) is 0 Å². The first-order chi connectivity index (χ1) is 7.97. The van der Waals surface area contributed by atoms with Crippen LogP contribution in [0.3, 0.4) is 0 Å². The predicted molar refractivity (Wildman–Crippen MR) is 63.2 cm³/mol. The van der Waals surface area contributed by atoms with E-state index in [1.807, 2.05) is 4.72 Å². The fourth-order valence-electron chi connectivity index (χ4n) is 1.09. The molecule has 90 valence electrons. The molecule has 0 aromatic heterocycles. The van der Waals surface area contributed by atoms with Crippen LogP contribution in [0.1, 0.15) is 6.42 Å². The van der Waals surface area contributed by atoms with Gasteiger partial charge in [-0.1, -0.05) is 18.2 Å². The lowest BCUT2D eigenvalue weighted by Crippen LogP contribution is -2.43. The number of benzene rings is 1. The fourth-order valence-corrected chi connectivity index (χ4v) is 2.14. The highest BCUT2D eigenvalue weighted by molar-refractivity contribution is 7.90. The van der Waals surface area contributed by atoms with Gasteiger partial charge in [0, 0.05) is 6.42 Å². The number of carbonyl (C=O) groups excluding carboxylic acids is 1. The summed E-state index contributed by atoms with van der Waals surface area (Å²) < 4.78 is 25.3. The second kappa shape index (κ2) is 5.48. The molecule has 0 aliphatic heterocycles. The molecule has 0 saturated carbocycles. The number of nitrogens with two attached hydrogens (primary N) is 1. The first kappa shape index (κ1) is 13.2. The van der Waals surface area contributed by atoms with Gasteiger partial charge in [0.2, 0.25) is 0 Å². The Morgan fingerprint density at radius 1 is 1.41 bits per heavy atom. The van der Waals surface area contributed by atoms with E-state index < -0.39 is 22.0 Å². The van der Waals surface area contributed by atoms with Crippen molar-refractivity contribution in [3.63, 3.8) is 0 Å². The van der Waals surface area contributed by atoms with Crippen molar-refractivity contribution >= 4 is 15.9 Å². The lowest BCUT2D eigenvalue weighted by atomic mass is 10.2. The molecule has 1 aromatic rings. The molecule has 3 N–H and O–H groups in total. The van der Waals surface area contributed by atoms with Crippen molar-refractivity contribution in [1.29, 1.82) is 0 Å². The normalized spacial score (nSPS) is 12.5. The van der Waals surface area contributed by atoms with Crippen molar-refractivity contribution in [2.75, 3.05) is 0 Å². The van der Waals surface area contributed by atoms with Crippen LogP contribution in [-0.4, -0.2) is 20.4 Å². The van der Waals surface area contributed by atoms with E-state index in [1.165, 1.54) is 12.1 Å². The zero-order valence-corrected chi connectivity index (χ0v) is 9.78. The maximum Gasteiger partial charge on any atom is 0.264 e. The predicted octanol–water partition coefficient (Wildman–Crippen LogP) is -0.158. The number of sulfonamides is 1. The molecule has 0 unspecified atom stereocenters. The van der Waals surface area contributed by atoms with Crippen molar-refractivity contribution in [3.05, 3.63) is 30.3 Å². The van der Waals surface area contributed by atoms with Crippen molar-refractivity contribution < 1.29 is 13.2 Å². The van der Waals surface area contributed by atoms with E-state index in [4.69, 9.17) is 12.2 Å². The lowest BCUT2D eigenvalue weighted by molar-refractivity contribution is -0.120. The van der Waals surface area contributed by atoms with Gasteiger partial charge in [-0.15, -0.1) is 12.3 Å². The van der Waals surface area contributed by atoms with Crippen LogP contribution < -0.4 is 10.5 Å². The Morgan fingerprint density at radius 3 is 2.53 bits per heavy atom. The summed E-state index contributed by atoms with van der Waals surface area (Å²) in [5, 5.41) is 0. The molecule has 0 aliphatic rings. The molecule has 1 aromatic carbocycles. The maximum absolute atomic E-state index is 11.7. The highest BCUT2D eigenvalue weighted by Gasteiger charge is 2.20. The Bertz CT molecular complexity index is 532. The number of rotatable bonds is 4. The Morgan fingerprint density at radius 2 is 2.00 bits per heavy atom. The van der Waals surface area contributed by atoms with Gasteiger partial charge in [-0.3, -0.25) is 4.79 Å². The van der Waals surface area contributed by atoms with E-state index in [1.54, 1.807) is 18.2 Å². The lowest BCUT2D eigenvalue weighted by Gasteiger charge is -2.10. The van der Waals surface area contributed by atoms with E-state index >= 15 is 0 Å². The zero-order valence-electron chi connectivity index (χ0n) is 8.96. The third-order valence-electron chi connectivity index (χ3n) is 1.96. The minimum absolute atomic E-state index is 0.00116. The summed E-state index contributed by atoms with van der Waals surface area (Å²) in [5.41, 5.74) is 5.39. The standard InChI is InChI=1S/C11H12N2O3S/c1-2-6-10(12)11(14)13-17(15,16)9-7-4-3-5-8-9/h1,3-5,7-8,10H,6,12H2,(H,13,14)/t10-/m0/s1. The molecule has 5 nitrogen and oxygen atoms in total. The molecule has 1 atom stereocenters. The van der Waals surface area contributed by atoms with Crippen LogP contribution in [0.2, 0.25) is 0 Å². The minimum Gasteiger partial charge on any atom is -0.319 e. The molecule has 17 heavy (non-hydrogen) atoms. The van der Waals surface area contributed by atoms with Gasteiger partial charge in [-0.05, 0) is 12.1 Å². The van der Waals surface area contributed by atoms with E-state index in [9.17, 15) is 13.2 Å². The number of nitrogens with one attached hydrogen (secondary N) is 1. The third kappa shape index (κ3) is 3.59. The zero-order chi connectivity index (χ0) is 12.9. The quantitative estimate of drug-likeness (QED) is 0.729. The molecule has 0 saturated heterocycles. The van der Waals surface area contributed by atoms with Crippen molar-refractivity contribution in [2.45, 2.75) is 17.4 Å². The van der Waals surface area contributed by atoms with Crippen molar-refractivity contribution in [1.82, 2.24) is 4.72 Å². The van der Waals surface area contributed by atoms with Crippen LogP contribution in [0.15, 0.2) is 35.2 Å². The Hall–Kier alpha value is -1.84. The van der Waals surface area contributed by atoms with Gasteiger partial charge in [0.25, 0.3) is 15.9 Å².